The van der Waals surface area contributed by atoms with E-state index < -0.39 is 10.8 Å². The van der Waals surface area contributed by atoms with Crippen molar-refractivity contribution in [2.45, 2.75) is 36.3 Å². The monoisotopic (exact) mass is 265 g/mol. The van der Waals surface area contributed by atoms with Crippen LogP contribution in [0.2, 0.25) is 0 Å². The van der Waals surface area contributed by atoms with Gasteiger partial charge in [0.25, 0.3) is 0 Å². The highest BCUT2D eigenvalue weighted by Gasteiger charge is 2.33. The maximum absolute atomic E-state index is 13.2. The van der Waals surface area contributed by atoms with Crippen LogP contribution in [0.1, 0.15) is 26.2 Å². The van der Waals surface area contributed by atoms with Crippen LogP contribution in [0, 0.1) is 29.0 Å². The summed E-state index contributed by atoms with van der Waals surface area (Å²) in [5.74, 6) is -0.0689. The van der Waals surface area contributed by atoms with Gasteiger partial charge in [0.2, 0.25) is 0 Å². The largest absolute Gasteiger partial charge is 0.254 e. The summed E-state index contributed by atoms with van der Waals surface area (Å²) in [6, 6.07) is 8.14. The van der Waals surface area contributed by atoms with Gasteiger partial charge < -0.3 is 0 Å². The van der Waals surface area contributed by atoms with Gasteiger partial charge in [-0.05, 0) is 43.4 Å². The summed E-state index contributed by atoms with van der Waals surface area (Å²) >= 11 is 0. The molecule has 4 atom stereocenters. The van der Waals surface area contributed by atoms with Crippen LogP contribution in [-0.2, 0) is 10.8 Å². The molecule has 2 nitrogen and oxygen atoms in total. The number of benzene rings is 1. The van der Waals surface area contributed by atoms with Gasteiger partial charge in [-0.25, -0.2) is 4.39 Å². The average Bonchev–Trinajstić information content (AvgIpc) is 2.38. The van der Waals surface area contributed by atoms with E-state index in [0.717, 1.165) is 19.3 Å². The molecular weight excluding hydrogens is 249 g/mol. The second kappa shape index (κ2) is 5.62. The smallest absolute Gasteiger partial charge is 0.124 e. The minimum absolute atomic E-state index is 0.166. The van der Waals surface area contributed by atoms with E-state index in [4.69, 9.17) is 5.26 Å². The normalized spacial score (nSPS) is 29.5. The molecule has 4 unspecified atom stereocenters. The number of hydrogen-bond donors (Lipinski definition) is 0. The molecule has 1 fully saturated rings. The van der Waals surface area contributed by atoms with Crippen LogP contribution in [0.3, 0.4) is 0 Å². The standard InChI is InChI=1S/C14H16FNOS/c1-10-5-6-11(9-16)14(7-10)18(17)13-4-2-3-12(15)8-13/h2-4,8,10-11,14H,5-7H2,1H3. The Labute approximate surface area is 109 Å². The Morgan fingerprint density at radius 3 is 2.89 bits per heavy atom. The molecule has 18 heavy (non-hydrogen) atoms. The summed E-state index contributed by atoms with van der Waals surface area (Å²) in [5.41, 5.74) is 0. The zero-order chi connectivity index (χ0) is 13.1. The Morgan fingerprint density at radius 1 is 1.44 bits per heavy atom. The molecule has 1 aliphatic carbocycles. The van der Waals surface area contributed by atoms with Crippen LogP contribution < -0.4 is 0 Å². The predicted octanol–water partition coefficient (Wildman–Crippen LogP) is 3.26. The van der Waals surface area contributed by atoms with Gasteiger partial charge in [0.1, 0.15) is 5.82 Å². The van der Waals surface area contributed by atoms with E-state index in [1.165, 1.54) is 12.1 Å². The quantitative estimate of drug-likeness (QED) is 0.823. The molecule has 0 radical (unpaired) electrons. The molecule has 4 heteroatoms. The molecule has 0 aliphatic heterocycles. The molecule has 0 heterocycles. The maximum atomic E-state index is 13.2. The lowest BCUT2D eigenvalue weighted by Crippen LogP contribution is -2.31. The zero-order valence-corrected chi connectivity index (χ0v) is 11.1. The summed E-state index contributed by atoms with van der Waals surface area (Å²) < 4.78 is 25.6. The molecule has 0 aromatic heterocycles. The number of rotatable bonds is 2. The lowest BCUT2D eigenvalue weighted by atomic mass is 9.83. The van der Waals surface area contributed by atoms with Gasteiger partial charge in [-0.15, -0.1) is 0 Å². The summed E-state index contributed by atoms with van der Waals surface area (Å²) in [5, 5.41) is 8.97. The van der Waals surface area contributed by atoms with E-state index in [-0.39, 0.29) is 17.0 Å². The van der Waals surface area contributed by atoms with Crippen LogP contribution in [0.25, 0.3) is 0 Å². The second-order valence-electron chi connectivity index (χ2n) is 4.95. The highest BCUT2D eigenvalue weighted by Crippen LogP contribution is 2.33. The van der Waals surface area contributed by atoms with Crippen molar-refractivity contribution in [3.05, 3.63) is 30.1 Å². The third-order valence-electron chi connectivity index (χ3n) is 3.52. The van der Waals surface area contributed by atoms with Crippen molar-refractivity contribution in [1.82, 2.24) is 0 Å². The summed E-state index contributed by atoms with van der Waals surface area (Å²) in [4.78, 5) is 0.495. The number of nitrogens with zero attached hydrogens (tertiary/aromatic N) is 1. The van der Waals surface area contributed by atoms with Crippen LogP contribution >= 0.6 is 0 Å². The van der Waals surface area contributed by atoms with Crippen molar-refractivity contribution < 1.29 is 8.60 Å². The molecular formula is C14H16FNOS. The maximum Gasteiger partial charge on any atom is 0.124 e. The second-order valence-corrected chi connectivity index (χ2v) is 6.62. The molecule has 1 aromatic carbocycles. The van der Waals surface area contributed by atoms with E-state index in [9.17, 15) is 8.60 Å². The van der Waals surface area contributed by atoms with Gasteiger partial charge in [-0.2, -0.15) is 5.26 Å². The van der Waals surface area contributed by atoms with Crippen molar-refractivity contribution in [1.29, 1.82) is 5.26 Å². The fourth-order valence-corrected chi connectivity index (χ4v) is 4.27. The molecule has 96 valence electrons. The molecule has 0 spiro atoms. The molecule has 0 saturated heterocycles. The molecule has 0 N–H and O–H groups in total. The molecule has 1 saturated carbocycles. The van der Waals surface area contributed by atoms with Crippen LogP contribution in [0.15, 0.2) is 29.2 Å². The Balaban J connectivity index is 2.23. The summed E-state index contributed by atoms with van der Waals surface area (Å²) in [6.07, 6.45) is 2.58. The zero-order valence-electron chi connectivity index (χ0n) is 10.3. The Kier molecular flexibility index (Phi) is 4.13. The van der Waals surface area contributed by atoms with Crippen LogP contribution in [-0.4, -0.2) is 9.46 Å². The lowest BCUT2D eigenvalue weighted by Gasteiger charge is -2.30. The number of nitriles is 1. The minimum atomic E-state index is -1.29. The van der Waals surface area contributed by atoms with Crippen molar-refractivity contribution in [3.8, 4) is 6.07 Å². The van der Waals surface area contributed by atoms with Crippen molar-refractivity contribution in [3.63, 3.8) is 0 Å². The van der Waals surface area contributed by atoms with Gasteiger partial charge in [-0.3, -0.25) is 4.21 Å². The Bertz CT molecular complexity index is 497. The molecule has 0 bridgehead atoms. The minimum Gasteiger partial charge on any atom is -0.254 e. The molecule has 0 amide bonds. The Morgan fingerprint density at radius 2 is 2.22 bits per heavy atom. The topological polar surface area (TPSA) is 40.9 Å². The predicted molar refractivity (Wildman–Crippen MR) is 68.7 cm³/mol. The average molecular weight is 265 g/mol. The van der Waals surface area contributed by atoms with Gasteiger partial charge in [0, 0.05) is 4.90 Å². The molecule has 2 rings (SSSR count). The SMILES string of the molecule is CC1CCC(C#N)C(S(=O)c2cccc(F)c2)C1. The van der Waals surface area contributed by atoms with E-state index >= 15 is 0 Å². The van der Waals surface area contributed by atoms with Gasteiger partial charge in [0.15, 0.2) is 0 Å². The van der Waals surface area contributed by atoms with E-state index in [2.05, 4.69) is 13.0 Å². The third kappa shape index (κ3) is 2.78. The highest BCUT2D eigenvalue weighted by atomic mass is 32.2. The first-order valence-electron chi connectivity index (χ1n) is 6.17. The first-order chi connectivity index (χ1) is 8.61. The van der Waals surface area contributed by atoms with Gasteiger partial charge >= 0.3 is 0 Å². The van der Waals surface area contributed by atoms with Crippen molar-refractivity contribution in [2.75, 3.05) is 0 Å². The van der Waals surface area contributed by atoms with E-state index in [1.54, 1.807) is 12.1 Å². The summed E-state index contributed by atoms with van der Waals surface area (Å²) in [7, 11) is -1.29. The molecule has 1 aromatic rings. The summed E-state index contributed by atoms with van der Waals surface area (Å²) in [6.45, 7) is 2.11. The number of hydrogen-bond acceptors (Lipinski definition) is 2. The highest BCUT2D eigenvalue weighted by molar-refractivity contribution is 7.85. The third-order valence-corrected chi connectivity index (χ3v) is 5.31. The van der Waals surface area contributed by atoms with Gasteiger partial charge in [0.05, 0.1) is 28.0 Å². The Hall–Kier alpha value is -1.21. The van der Waals surface area contributed by atoms with Crippen molar-refractivity contribution >= 4 is 10.8 Å². The molecule has 1 aliphatic rings. The van der Waals surface area contributed by atoms with Crippen LogP contribution in [0.4, 0.5) is 4.39 Å². The van der Waals surface area contributed by atoms with E-state index in [0.29, 0.717) is 10.8 Å². The fraction of sp³-hybridized carbons (Fsp3) is 0.500. The lowest BCUT2D eigenvalue weighted by molar-refractivity contribution is 0.341. The van der Waals surface area contributed by atoms with Gasteiger partial charge in [-0.1, -0.05) is 13.0 Å². The number of halogens is 1. The fourth-order valence-electron chi connectivity index (χ4n) is 2.48. The first-order valence-corrected chi connectivity index (χ1v) is 7.39. The van der Waals surface area contributed by atoms with Crippen LogP contribution in [0.5, 0.6) is 0 Å². The first kappa shape index (κ1) is 13.2. The van der Waals surface area contributed by atoms with Crippen molar-refractivity contribution in [2.24, 2.45) is 11.8 Å². The van der Waals surface area contributed by atoms with E-state index in [1.807, 2.05) is 0 Å².